The molecule has 2 fully saturated rings. The topological polar surface area (TPSA) is 174 Å². The number of likely N-dealkylation sites (tertiary alicyclic amines) is 1. The Labute approximate surface area is 179 Å². The van der Waals surface area contributed by atoms with E-state index in [1.54, 1.807) is 0 Å². The van der Waals surface area contributed by atoms with Crippen molar-refractivity contribution in [3.05, 3.63) is 23.3 Å². The predicted molar refractivity (Wildman–Crippen MR) is 110 cm³/mol. The summed E-state index contributed by atoms with van der Waals surface area (Å²) in [5, 5.41) is 39.9. The second-order valence-electron chi connectivity index (χ2n) is 7.71. The van der Waals surface area contributed by atoms with Crippen LogP contribution in [0.3, 0.4) is 0 Å². The SMILES string of the molecule is O=C(O)c1c(OC2CN(C(=O)CC3CNCCS3(=O)=O)C2)ccc(CCB(O)O)c1O. The molecule has 2 saturated heterocycles. The van der Waals surface area contributed by atoms with Crippen molar-refractivity contribution in [3.8, 4) is 11.5 Å². The molecule has 5 N–H and O–H groups in total. The zero-order valence-corrected chi connectivity index (χ0v) is 17.5. The molecule has 13 heteroatoms. The van der Waals surface area contributed by atoms with Crippen molar-refractivity contribution in [2.75, 3.05) is 31.9 Å². The lowest BCUT2D eigenvalue weighted by Crippen LogP contribution is -2.57. The molecule has 2 aliphatic heterocycles. The van der Waals surface area contributed by atoms with Gasteiger partial charge >= 0.3 is 13.1 Å². The van der Waals surface area contributed by atoms with Crippen LogP contribution in [0.5, 0.6) is 11.5 Å². The van der Waals surface area contributed by atoms with E-state index in [-0.39, 0.29) is 61.8 Å². The molecule has 0 aromatic heterocycles. The highest BCUT2D eigenvalue weighted by atomic mass is 32.2. The van der Waals surface area contributed by atoms with Crippen LogP contribution in [0.4, 0.5) is 0 Å². The largest absolute Gasteiger partial charge is 0.507 e. The lowest BCUT2D eigenvalue weighted by Gasteiger charge is -2.40. The van der Waals surface area contributed by atoms with E-state index in [0.29, 0.717) is 6.54 Å². The average molecular weight is 456 g/mol. The molecule has 0 bridgehead atoms. The first-order valence-electron chi connectivity index (χ1n) is 9.89. The Balaban J connectivity index is 1.60. The summed E-state index contributed by atoms with van der Waals surface area (Å²) in [5.41, 5.74) is -0.195. The molecule has 1 aromatic carbocycles. The van der Waals surface area contributed by atoms with Gasteiger partial charge in [-0.1, -0.05) is 6.07 Å². The molecule has 11 nitrogen and oxygen atoms in total. The number of nitrogens with zero attached hydrogens (tertiary/aromatic N) is 1. The number of nitrogens with one attached hydrogen (secondary N) is 1. The number of benzene rings is 1. The van der Waals surface area contributed by atoms with Crippen LogP contribution >= 0.6 is 0 Å². The highest BCUT2D eigenvalue weighted by Crippen LogP contribution is 2.34. The van der Waals surface area contributed by atoms with Crippen molar-refractivity contribution < 1.29 is 43.0 Å². The Morgan fingerprint density at radius 3 is 2.58 bits per heavy atom. The quantitative estimate of drug-likeness (QED) is 0.289. The molecular weight excluding hydrogens is 431 g/mol. The van der Waals surface area contributed by atoms with Crippen LogP contribution in [-0.4, -0.2) is 95.9 Å². The van der Waals surface area contributed by atoms with Gasteiger partial charge < -0.3 is 35.2 Å². The number of carboxylic acids is 1. The lowest BCUT2D eigenvalue weighted by molar-refractivity contribution is -0.140. The van der Waals surface area contributed by atoms with Gasteiger partial charge in [-0.3, -0.25) is 4.79 Å². The molecule has 2 aliphatic rings. The molecule has 3 rings (SSSR count). The van der Waals surface area contributed by atoms with Crippen molar-refractivity contribution in [1.29, 1.82) is 0 Å². The summed E-state index contributed by atoms with van der Waals surface area (Å²) in [6.45, 7) is 0.974. The van der Waals surface area contributed by atoms with Crippen molar-refractivity contribution in [1.82, 2.24) is 10.2 Å². The van der Waals surface area contributed by atoms with Gasteiger partial charge in [-0.2, -0.15) is 0 Å². The van der Waals surface area contributed by atoms with Gasteiger partial charge in [0.15, 0.2) is 9.84 Å². The van der Waals surface area contributed by atoms with Gasteiger partial charge in [-0.05, 0) is 24.4 Å². The monoisotopic (exact) mass is 456 g/mol. The molecule has 2 heterocycles. The van der Waals surface area contributed by atoms with Gasteiger partial charge in [-0.15, -0.1) is 0 Å². The van der Waals surface area contributed by atoms with E-state index in [4.69, 9.17) is 14.8 Å². The Bertz CT molecular complexity index is 948. The number of aromatic carboxylic acids is 1. The molecule has 31 heavy (non-hydrogen) atoms. The Kier molecular flexibility index (Phi) is 7.09. The van der Waals surface area contributed by atoms with Crippen molar-refractivity contribution >= 4 is 28.8 Å². The first-order valence-corrected chi connectivity index (χ1v) is 11.6. The number of aryl methyl sites for hydroxylation is 1. The fourth-order valence-corrected chi connectivity index (χ4v) is 5.13. The molecule has 170 valence electrons. The van der Waals surface area contributed by atoms with Crippen molar-refractivity contribution in [2.45, 2.75) is 30.5 Å². The van der Waals surface area contributed by atoms with Crippen LogP contribution < -0.4 is 10.1 Å². The Morgan fingerprint density at radius 1 is 1.26 bits per heavy atom. The third-order valence-corrected chi connectivity index (χ3v) is 7.57. The van der Waals surface area contributed by atoms with E-state index in [2.05, 4.69) is 5.32 Å². The van der Waals surface area contributed by atoms with E-state index >= 15 is 0 Å². The van der Waals surface area contributed by atoms with Crippen molar-refractivity contribution in [2.24, 2.45) is 0 Å². The lowest BCUT2D eigenvalue weighted by atomic mass is 9.82. The first-order chi connectivity index (χ1) is 14.6. The molecule has 1 amide bonds. The Morgan fingerprint density at radius 2 is 1.97 bits per heavy atom. The zero-order valence-electron chi connectivity index (χ0n) is 16.7. The molecule has 1 aromatic rings. The smallest absolute Gasteiger partial charge is 0.451 e. The third-order valence-electron chi connectivity index (χ3n) is 5.45. The summed E-state index contributed by atoms with van der Waals surface area (Å²) in [6.07, 6.45) is -0.616. The second-order valence-corrected chi connectivity index (χ2v) is 10.1. The summed E-state index contributed by atoms with van der Waals surface area (Å²) in [7, 11) is -4.88. The standard InChI is InChI=1S/C18H25BN2O9S/c22-15(7-13-8-20-5-6-31(13,28)29)21-9-12(10-21)30-14-2-1-11(3-4-19(26)27)17(23)16(14)18(24)25/h1-2,12-13,20,23,26-27H,3-10H2,(H,24,25). The van der Waals surface area contributed by atoms with Gasteiger partial charge in [0.05, 0.1) is 24.1 Å². The minimum absolute atomic E-state index is 0.00536. The van der Waals surface area contributed by atoms with E-state index < -0.39 is 45.6 Å². The maximum absolute atomic E-state index is 12.4. The number of ether oxygens (including phenoxy) is 1. The predicted octanol–water partition coefficient (Wildman–Crippen LogP) is -1.53. The van der Waals surface area contributed by atoms with Gasteiger partial charge in [0, 0.05) is 19.5 Å². The molecule has 1 atom stereocenters. The number of carboxylic acid groups (broad SMARTS) is 1. The number of amides is 1. The van der Waals surface area contributed by atoms with E-state index in [1.165, 1.54) is 17.0 Å². The fraction of sp³-hybridized carbons (Fsp3) is 0.556. The molecule has 1 unspecified atom stereocenters. The number of hydrogen-bond acceptors (Lipinski definition) is 9. The Hall–Kier alpha value is -2.35. The van der Waals surface area contributed by atoms with Crippen LogP contribution in [0.25, 0.3) is 0 Å². The number of aromatic hydroxyl groups is 1. The highest BCUT2D eigenvalue weighted by Gasteiger charge is 2.37. The summed E-state index contributed by atoms with van der Waals surface area (Å²) in [6, 6.07) is 2.83. The number of sulfone groups is 1. The van der Waals surface area contributed by atoms with E-state index in [0.717, 1.165) is 0 Å². The normalized spacial score (nSPS) is 20.7. The number of carbonyl (C=O) groups is 2. The summed E-state index contributed by atoms with van der Waals surface area (Å²) in [5.74, 6) is -2.27. The van der Waals surface area contributed by atoms with Crippen LogP contribution in [0, 0.1) is 0 Å². The minimum atomic E-state index is -3.30. The highest BCUT2D eigenvalue weighted by molar-refractivity contribution is 7.92. The first kappa shape index (κ1) is 23.3. The maximum Gasteiger partial charge on any atom is 0.451 e. The van der Waals surface area contributed by atoms with Crippen LogP contribution in [0.15, 0.2) is 12.1 Å². The molecule has 0 spiro atoms. The van der Waals surface area contributed by atoms with Crippen LogP contribution in [0.2, 0.25) is 6.32 Å². The molecule has 0 aliphatic carbocycles. The van der Waals surface area contributed by atoms with Crippen LogP contribution in [-0.2, 0) is 21.1 Å². The maximum atomic E-state index is 12.4. The van der Waals surface area contributed by atoms with E-state index in [9.17, 15) is 28.2 Å². The van der Waals surface area contributed by atoms with Crippen LogP contribution in [0.1, 0.15) is 22.3 Å². The third kappa shape index (κ3) is 5.48. The second kappa shape index (κ2) is 9.43. The number of rotatable bonds is 8. The molecule has 0 saturated carbocycles. The molecule has 0 radical (unpaired) electrons. The number of phenols is 1. The average Bonchev–Trinajstić information content (AvgIpc) is 2.64. The zero-order chi connectivity index (χ0) is 22.8. The van der Waals surface area contributed by atoms with Gasteiger partial charge in [0.2, 0.25) is 5.91 Å². The number of carbonyl (C=O) groups excluding carboxylic acids is 1. The van der Waals surface area contributed by atoms with Gasteiger partial charge in [0.1, 0.15) is 23.2 Å². The van der Waals surface area contributed by atoms with Gasteiger partial charge in [0.25, 0.3) is 0 Å². The minimum Gasteiger partial charge on any atom is -0.507 e. The van der Waals surface area contributed by atoms with Gasteiger partial charge in [-0.25, -0.2) is 13.2 Å². The van der Waals surface area contributed by atoms with Crippen molar-refractivity contribution in [3.63, 3.8) is 0 Å². The fourth-order valence-electron chi connectivity index (χ4n) is 3.60. The number of hydrogen-bond donors (Lipinski definition) is 5. The summed E-state index contributed by atoms with van der Waals surface area (Å²) >= 11 is 0. The summed E-state index contributed by atoms with van der Waals surface area (Å²) < 4.78 is 29.8. The van der Waals surface area contributed by atoms with E-state index in [1.807, 2.05) is 0 Å². The molecular formula is C18H25BN2O9S. The summed E-state index contributed by atoms with van der Waals surface area (Å²) in [4.78, 5) is 25.4.